The van der Waals surface area contributed by atoms with Crippen LogP contribution in [-0.2, 0) is 16.0 Å². The molecular weight excluding hydrogens is 599 g/mol. The van der Waals surface area contributed by atoms with Crippen molar-refractivity contribution in [2.75, 3.05) is 32.2 Å². The van der Waals surface area contributed by atoms with Crippen molar-refractivity contribution in [2.24, 2.45) is 0 Å². The molecule has 0 N–H and O–H groups in total. The lowest BCUT2D eigenvalue weighted by atomic mass is 9.93. The van der Waals surface area contributed by atoms with E-state index in [9.17, 15) is 18.4 Å². The smallest absolute Gasteiger partial charge is 0.411 e. The largest absolute Gasteiger partial charge is 0.496 e. The fraction of sp³-hybridized carbons (Fsp3) is 0.286. The summed E-state index contributed by atoms with van der Waals surface area (Å²) in [6.45, 7) is 5.21. The van der Waals surface area contributed by atoms with Crippen LogP contribution in [0.4, 0.5) is 23.8 Å². The Labute approximate surface area is 264 Å². The Morgan fingerprint density at radius 1 is 0.935 bits per heavy atom. The van der Waals surface area contributed by atoms with Crippen LogP contribution in [-0.4, -0.2) is 55.3 Å². The number of benzene rings is 3. The summed E-state index contributed by atoms with van der Waals surface area (Å²) < 4.78 is 59.7. The van der Waals surface area contributed by atoms with Gasteiger partial charge >= 0.3 is 12.1 Å². The third kappa shape index (κ3) is 5.73. The van der Waals surface area contributed by atoms with Crippen molar-refractivity contribution in [3.8, 4) is 28.0 Å². The van der Waals surface area contributed by atoms with E-state index >= 15 is 4.39 Å². The van der Waals surface area contributed by atoms with Gasteiger partial charge in [0, 0.05) is 47.5 Å². The lowest BCUT2D eigenvalue weighted by Gasteiger charge is -2.33. The number of aryl methyl sites for hydroxylation is 1. The molecule has 46 heavy (non-hydrogen) atoms. The summed E-state index contributed by atoms with van der Waals surface area (Å²) in [4.78, 5) is 33.8. The Morgan fingerprint density at radius 3 is 2.28 bits per heavy atom. The van der Waals surface area contributed by atoms with Gasteiger partial charge in [-0.3, -0.25) is 4.90 Å². The van der Waals surface area contributed by atoms with Crippen LogP contribution in [0, 0.1) is 24.4 Å². The maximum atomic E-state index is 15.6. The molecule has 3 aromatic carbocycles. The summed E-state index contributed by atoms with van der Waals surface area (Å²) in [6, 6.07) is 14.1. The van der Waals surface area contributed by atoms with Gasteiger partial charge in [-0.05, 0) is 73.9 Å². The number of aromatic nitrogens is 1. The number of carbonyl (C=O) groups excluding carboxylic acids is 2. The monoisotopic (exact) mass is 631 g/mol. The number of cyclic esters (lactones) is 1. The number of hydrogen-bond donors (Lipinski definition) is 0. The maximum absolute atomic E-state index is 15.6. The highest BCUT2D eigenvalue weighted by Crippen LogP contribution is 2.41. The zero-order valence-electron chi connectivity index (χ0n) is 25.8. The van der Waals surface area contributed by atoms with Gasteiger partial charge in [0.2, 0.25) is 0 Å². The highest BCUT2D eigenvalue weighted by molar-refractivity contribution is 5.91. The summed E-state index contributed by atoms with van der Waals surface area (Å²) in [6.07, 6.45) is -0.524. The number of pyridine rings is 1. The van der Waals surface area contributed by atoms with Crippen LogP contribution in [0.5, 0.6) is 5.75 Å². The summed E-state index contributed by atoms with van der Waals surface area (Å²) in [5.41, 5.74) is 3.72. The molecule has 6 rings (SSSR count). The van der Waals surface area contributed by atoms with Crippen molar-refractivity contribution in [2.45, 2.75) is 39.0 Å². The molecule has 0 saturated carbocycles. The highest BCUT2D eigenvalue weighted by Gasteiger charge is 2.41. The van der Waals surface area contributed by atoms with E-state index in [1.165, 1.54) is 25.2 Å². The van der Waals surface area contributed by atoms with Gasteiger partial charge in [0.25, 0.3) is 0 Å². The second-order valence-corrected chi connectivity index (χ2v) is 11.4. The van der Waals surface area contributed by atoms with Crippen molar-refractivity contribution in [1.82, 2.24) is 9.88 Å². The number of carbonyl (C=O) groups is 2. The zero-order valence-corrected chi connectivity index (χ0v) is 25.8. The molecule has 2 atom stereocenters. The summed E-state index contributed by atoms with van der Waals surface area (Å²) >= 11 is 0. The van der Waals surface area contributed by atoms with Crippen LogP contribution >= 0.6 is 0 Å². The molecule has 8 nitrogen and oxygen atoms in total. The molecule has 2 aliphatic rings. The van der Waals surface area contributed by atoms with Gasteiger partial charge < -0.3 is 19.1 Å². The predicted molar refractivity (Wildman–Crippen MR) is 165 cm³/mol. The van der Waals surface area contributed by atoms with E-state index in [1.54, 1.807) is 38.1 Å². The van der Waals surface area contributed by atoms with E-state index in [0.717, 1.165) is 43.5 Å². The van der Waals surface area contributed by atoms with Crippen molar-refractivity contribution < 1.29 is 37.0 Å². The molecule has 3 heterocycles. The van der Waals surface area contributed by atoms with Crippen LogP contribution in [0.1, 0.15) is 46.6 Å². The molecule has 11 heteroatoms. The number of rotatable bonds is 8. The van der Waals surface area contributed by atoms with E-state index < -0.39 is 41.7 Å². The quantitative estimate of drug-likeness (QED) is 0.190. The molecular formula is C35H32F3N3O5. The van der Waals surface area contributed by atoms with Crippen LogP contribution in [0.15, 0.2) is 60.7 Å². The van der Waals surface area contributed by atoms with E-state index in [4.69, 9.17) is 19.2 Å². The molecule has 0 radical (unpaired) electrons. The van der Waals surface area contributed by atoms with E-state index in [2.05, 4.69) is 4.90 Å². The Hall–Kier alpha value is -5.06. The lowest BCUT2D eigenvalue weighted by molar-refractivity contribution is 0.0600. The molecule has 1 aromatic heterocycles. The average molecular weight is 632 g/mol. The number of hydrogen-bond acceptors (Lipinski definition) is 7. The minimum atomic E-state index is -0.900. The van der Waals surface area contributed by atoms with Crippen LogP contribution in [0.25, 0.3) is 22.3 Å². The molecule has 0 bridgehead atoms. The normalized spacial score (nSPS) is 17.5. The zero-order chi connectivity index (χ0) is 32.7. The van der Waals surface area contributed by atoms with Gasteiger partial charge in [0.05, 0.1) is 38.1 Å². The number of ether oxygens (including phenoxy) is 3. The molecule has 4 aromatic rings. The maximum Gasteiger partial charge on any atom is 0.411 e. The molecule has 1 amide bonds. The van der Waals surface area contributed by atoms with E-state index in [1.807, 2.05) is 12.1 Å². The molecule has 2 aliphatic heterocycles. The first-order chi connectivity index (χ1) is 22.1. The predicted octanol–water partition coefficient (Wildman–Crippen LogP) is 7.23. The first-order valence-corrected chi connectivity index (χ1v) is 14.8. The van der Waals surface area contributed by atoms with Gasteiger partial charge in [-0.2, -0.15) is 0 Å². The first-order valence-electron chi connectivity index (χ1n) is 14.8. The molecule has 2 fully saturated rings. The molecule has 238 valence electrons. The third-order valence-corrected chi connectivity index (χ3v) is 8.58. The Balaban J connectivity index is 1.42. The third-order valence-electron chi connectivity index (χ3n) is 8.58. The summed E-state index contributed by atoms with van der Waals surface area (Å²) in [5, 5.41) is 0. The minimum Gasteiger partial charge on any atom is -0.496 e. The molecule has 0 aliphatic carbocycles. The number of halogens is 3. The van der Waals surface area contributed by atoms with Gasteiger partial charge in [-0.25, -0.2) is 27.7 Å². The SMILES string of the molecule is COC(=O)c1ccc(-c2cc(-c3ccc(N4CCC4)nc3CN3C(=O)O[C@H](c4cc(F)cc(F)c4)[C@@H]3C)c(OC)cc2F)c(C)c1. The standard InChI is InChI=1S/C35H32F3N3O5/c1-19-12-21(34(42)45-4)6-7-25(19)27-16-28(31(44-3)17-29(27)38)26-8-9-32(40-10-5-11-40)39-30(26)18-41-20(2)33(46-35(41)43)22-13-23(36)15-24(37)14-22/h6-9,12-17,20,33H,5,10-11,18H2,1-4H3/t20-,33-/m0/s1. The number of esters is 1. The first kappa shape index (κ1) is 30.9. The number of amides is 1. The van der Waals surface area contributed by atoms with Crippen LogP contribution < -0.4 is 9.64 Å². The minimum absolute atomic E-state index is 0.00797. The lowest BCUT2D eigenvalue weighted by Crippen LogP contribution is -2.38. The topological polar surface area (TPSA) is 81.2 Å². The molecule has 2 saturated heterocycles. The number of nitrogens with zero attached hydrogens (tertiary/aromatic N) is 3. The van der Waals surface area contributed by atoms with Gasteiger partial charge in [-0.1, -0.05) is 6.07 Å². The van der Waals surface area contributed by atoms with E-state index in [-0.39, 0.29) is 23.4 Å². The number of methoxy groups -OCH3 is 2. The fourth-order valence-electron chi connectivity index (χ4n) is 5.99. The van der Waals surface area contributed by atoms with Gasteiger partial charge in [0.1, 0.15) is 35.1 Å². The van der Waals surface area contributed by atoms with Crippen LogP contribution in [0.2, 0.25) is 0 Å². The summed E-state index contributed by atoms with van der Waals surface area (Å²) in [7, 11) is 2.74. The van der Waals surface area contributed by atoms with Crippen molar-refractivity contribution in [1.29, 1.82) is 0 Å². The highest BCUT2D eigenvalue weighted by atomic mass is 19.1. The summed E-state index contributed by atoms with van der Waals surface area (Å²) in [5.74, 6) is -1.57. The number of anilines is 1. The second kappa shape index (κ2) is 12.4. The van der Waals surface area contributed by atoms with E-state index in [0.29, 0.717) is 33.5 Å². The molecule has 0 unspecified atom stereocenters. The van der Waals surface area contributed by atoms with Crippen molar-refractivity contribution in [3.63, 3.8) is 0 Å². The molecule has 0 spiro atoms. The van der Waals surface area contributed by atoms with Crippen molar-refractivity contribution >= 4 is 17.9 Å². The fourth-order valence-corrected chi connectivity index (χ4v) is 5.99. The van der Waals surface area contributed by atoms with Gasteiger partial charge in [-0.15, -0.1) is 0 Å². The Morgan fingerprint density at radius 2 is 1.65 bits per heavy atom. The average Bonchev–Trinajstić information content (AvgIpc) is 3.28. The second-order valence-electron chi connectivity index (χ2n) is 11.4. The Bertz CT molecular complexity index is 1820. The van der Waals surface area contributed by atoms with Crippen LogP contribution in [0.3, 0.4) is 0 Å². The van der Waals surface area contributed by atoms with Gasteiger partial charge in [0.15, 0.2) is 0 Å². The van der Waals surface area contributed by atoms with Crippen molar-refractivity contribution in [3.05, 3.63) is 100 Å². The Kier molecular flexibility index (Phi) is 8.33.